The highest BCUT2D eigenvalue weighted by molar-refractivity contribution is 5.28. The highest BCUT2D eigenvalue weighted by Crippen LogP contribution is 2.45. The molecule has 138 valence electrons. The number of phenolic OH excluding ortho intramolecular Hbond substituents is 1. The summed E-state index contributed by atoms with van der Waals surface area (Å²) in [7, 11) is 0. The standard InChI is InChI=1S/C23H29NO2/c1-17(19-7-9-22(25)10-8-19)14-24-15-20-12-23(26,13-21(20)16-24)11-18-5-3-2-4-6-18/h2-10,17,20-21,25-26H,11-16H2,1H3/t17?,20-,21+,23?. The molecule has 0 amide bonds. The average Bonchev–Trinajstić information content (AvgIpc) is 3.10. The molecule has 1 saturated carbocycles. The van der Waals surface area contributed by atoms with Crippen molar-refractivity contribution in [2.75, 3.05) is 19.6 Å². The first kappa shape index (κ1) is 17.6. The smallest absolute Gasteiger partial charge is 0.115 e. The summed E-state index contributed by atoms with van der Waals surface area (Å²) in [6.07, 6.45) is 2.64. The van der Waals surface area contributed by atoms with Gasteiger partial charge in [0.2, 0.25) is 0 Å². The maximum atomic E-state index is 11.1. The van der Waals surface area contributed by atoms with Crippen LogP contribution in [0.25, 0.3) is 0 Å². The molecule has 2 N–H and O–H groups in total. The molecular formula is C23H29NO2. The molecule has 2 aromatic carbocycles. The summed E-state index contributed by atoms with van der Waals surface area (Å²) in [5.74, 6) is 2.03. The van der Waals surface area contributed by atoms with Crippen LogP contribution >= 0.6 is 0 Å². The van der Waals surface area contributed by atoms with Crippen LogP contribution in [0.1, 0.15) is 36.8 Å². The van der Waals surface area contributed by atoms with Gasteiger partial charge < -0.3 is 15.1 Å². The Kier molecular flexibility index (Phi) is 4.76. The van der Waals surface area contributed by atoms with Crippen molar-refractivity contribution >= 4 is 0 Å². The molecule has 3 heteroatoms. The number of likely N-dealkylation sites (tertiary alicyclic amines) is 1. The number of rotatable bonds is 5. The number of nitrogens with zero attached hydrogens (tertiary/aromatic N) is 1. The number of hydrogen-bond donors (Lipinski definition) is 2. The first-order chi connectivity index (χ1) is 12.5. The third-order valence-corrected chi connectivity index (χ3v) is 6.31. The molecule has 0 aromatic heterocycles. The molecule has 26 heavy (non-hydrogen) atoms. The van der Waals surface area contributed by atoms with Gasteiger partial charge in [0.25, 0.3) is 0 Å². The Hall–Kier alpha value is -1.84. The molecule has 4 rings (SSSR count). The molecule has 1 aliphatic carbocycles. The number of aliphatic hydroxyl groups is 1. The molecule has 2 aliphatic rings. The summed E-state index contributed by atoms with van der Waals surface area (Å²) < 4.78 is 0. The van der Waals surface area contributed by atoms with Crippen molar-refractivity contribution in [1.82, 2.24) is 4.90 Å². The van der Waals surface area contributed by atoms with E-state index < -0.39 is 5.60 Å². The quantitative estimate of drug-likeness (QED) is 0.861. The van der Waals surface area contributed by atoms with Gasteiger partial charge in [-0.25, -0.2) is 0 Å². The summed E-state index contributed by atoms with van der Waals surface area (Å²) in [4.78, 5) is 2.56. The largest absolute Gasteiger partial charge is 0.508 e. The van der Waals surface area contributed by atoms with E-state index in [4.69, 9.17) is 0 Å². The second-order valence-corrected chi connectivity index (χ2v) is 8.53. The molecule has 0 bridgehead atoms. The lowest BCUT2D eigenvalue weighted by Crippen LogP contribution is -2.33. The van der Waals surface area contributed by atoms with E-state index in [9.17, 15) is 10.2 Å². The summed E-state index contributed by atoms with van der Waals surface area (Å²) in [5, 5.41) is 20.5. The van der Waals surface area contributed by atoms with Crippen LogP contribution in [0.15, 0.2) is 54.6 Å². The maximum Gasteiger partial charge on any atom is 0.115 e. The second kappa shape index (κ2) is 7.05. The van der Waals surface area contributed by atoms with Crippen LogP contribution in [-0.4, -0.2) is 40.3 Å². The van der Waals surface area contributed by atoms with Gasteiger partial charge in [0.1, 0.15) is 5.75 Å². The minimum Gasteiger partial charge on any atom is -0.508 e. The van der Waals surface area contributed by atoms with Gasteiger partial charge in [0.15, 0.2) is 0 Å². The van der Waals surface area contributed by atoms with E-state index in [-0.39, 0.29) is 0 Å². The summed E-state index contributed by atoms with van der Waals surface area (Å²) >= 11 is 0. The van der Waals surface area contributed by atoms with Crippen molar-refractivity contribution in [3.63, 3.8) is 0 Å². The molecule has 4 atom stereocenters. The minimum atomic E-state index is -0.522. The SMILES string of the molecule is CC(CN1C[C@@H]2CC(O)(Cc3ccccc3)C[C@@H]2C1)c1ccc(O)cc1. The lowest BCUT2D eigenvalue weighted by atomic mass is 9.91. The topological polar surface area (TPSA) is 43.7 Å². The fraction of sp³-hybridized carbons (Fsp3) is 0.478. The Bertz CT molecular complexity index is 714. The zero-order valence-electron chi connectivity index (χ0n) is 15.5. The van der Waals surface area contributed by atoms with Gasteiger partial charge in [0.05, 0.1) is 5.60 Å². The van der Waals surface area contributed by atoms with Crippen LogP contribution < -0.4 is 0 Å². The lowest BCUT2D eigenvalue weighted by molar-refractivity contribution is 0.0353. The van der Waals surface area contributed by atoms with Gasteiger partial charge >= 0.3 is 0 Å². The van der Waals surface area contributed by atoms with Crippen molar-refractivity contribution in [3.05, 3.63) is 65.7 Å². The predicted molar refractivity (Wildman–Crippen MR) is 104 cm³/mol. The molecule has 2 unspecified atom stereocenters. The second-order valence-electron chi connectivity index (χ2n) is 8.53. The van der Waals surface area contributed by atoms with Crippen molar-refractivity contribution in [2.45, 2.75) is 37.7 Å². The zero-order valence-corrected chi connectivity index (χ0v) is 15.5. The van der Waals surface area contributed by atoms with E-state index in [2.05, 4.69) is 36.1 Å². The van der Waals surface area contributed by atoms with Crippen LogP contribution in [-0.2, 0) is 6.42 Å². The van der Waals surface area contributed by atoms with E-state index in [1.165, 1.54) is 11.1 Å². The van der Waals surface area contributed by atoms with Gasteiger partial charge in [0, 0.05) is 26.1 Å². The zero-order chi connectivity index (χ0) is 18.1. The lowest BCUT2D eigenvalue weighted by Gasteiger charge is -2.27. The summed E-state index contributed by atoms with van der Waals surface area (Å²) in [5.41, 5.74) is 2.00. The molecule has 1 heterocycles. The molecule has 0 radical (unpaired) electrons. The molecule has 1 aliphatic heterocycles. The van der Waals surface area contributed by atoms with Crippen LogP contribution in [0.2, 0.25) is 0 Å². The van der Waals surface area contributed by atoms with Crippen LogP contribution in [0.4, 0.5) is 0 Å². The van der Waals surface area contributed by atoms with Crippen molar-refractivity contribution < 1.29 is 10.2 Å². The fourth-order valence-electron chi connectivity index (χ4n) is 5.12. The van der Waals surface area contributed by atoms with Crippen LogP contribution in [0.3, 0.4) is 0 Å². The number of benzene rings is 2. The third-order valence-electron chi connectivity index (χ3n) is 6.31. The van der Waals surface area contributed by atoms with Gasteiger partial charge in [-0.1, -0.05) is 49.4 Å². The van der Waals surface area contributed by atoms with Crippen molar-refractivity contribution in [1.29, 1.82) is 0 Å². The molecule has 3 nitrogen and oxygen atoms in total. The van der Waals surface area contributed by atoms with Crippen molar-refractivity contribution in [2.24, 2.45) is 11.8 Å². The Morgan fingerprint density at radius 2 is 1.62 bits per heavy atom. The maximum absolute atomic E-state index is 11.1. The summed E-state index contributed by atoms with van der Waals surface area (Å²) in [6.45, 7) is 5.51. The molecular weight excluding hydrogens is 322 g/mol. The molecule has 0 spiro atoms. The first-order valence-electron chi connectivity index (χ1n) is 9.78. The number of aromatic hydroxyl groups is 1. The summed E-state index contributed by atoms with van der Waals surface area (Å²) in [6, 6.07) is 18.0. The monoisotopic (exact) mass is 351 g/mol. The van der Waals surface area contributed by atoms with E-state index >= 15 is 0 Å². The Morgan fingerprint density at radius 1 is 1.00 bits per heavy atom. The highest BCUT2D eigenvalue weighted by Gasteiger charge is 2.48. The molecule has 1 saturated heterocycles. The molecule has 2 aromatic rings. The average molecular weight is 351 g/mol. The van der Waals surface area contributed by atoms with Crippen LogP contribution in [0, 0.1) is 11.8 Å². The van der Waals surface area contributed by atoms with Gasteiger partial charge in [-0.2, -0.15) is 0 Å². The van der Waals surface area contributed by atoms with Gasteiger partial charge in [-0.05, 0) is 53.9 Å². The number of hydrogen-bond acceptors (Lipinski definition) is 3. The van der Waals surface area contributed by atoms with E-state index in [1.807, 2.05) is 18.2 Å². The normalized spacial score (nSPS) is 29.6. The van der Waals surface area contributed by atoms with Gasteiger partial charge in [-0.15, -0.1) is 0 Å². The first-order valence-corrected chi connectivity index (χ1v) is 9.78. The number of phenols is 1. The fourth-order valence-corrected chi connectivity index (χ4v) is 5.12. The van der Waals surface area contributed by atoms with Gasteiger partial charge in [-0.3, -0.25) is 0 Å². The van der Waals surface area contributed by atoms with E-state index in [0.717, 1.165) is 38.9 Å². The Labute approximate surface area is 156 Å². The minimum absolute atomic E-state index is 0.328. The van der Waals surface area contributed by atoms with Crippen molar-refractivity contribution in [3.8, 4) is 5.75 Å². The predicted octanol–water partition coefficient (Wildman–Crippen LogP) is 3.81. The Balaban J connectivity index is 1.32. The number of fused-ring (bicyclic) bond motifs is 1. The van der Waals surface area contributed by atoms with E-state index in [0.29, 0.717) is 23.5 Å². The molecule has 2 fully saturated rings. The third kappa shape index (κ3) is 3.79. The van der Waals surface area contributed by atoms with E-state index in [1.54, 1.807) is 12.1 Å². The Morgan fingerprint density at radius 3 is 2.23 bits per heavy atom. The van der Waals surface area contributed by atoms with Crippen LogP contribution in [0.5, 0.6) is 5.75 Å². The highest BCUT2D eigenvalue weighted by atomic mass is 16.3.